The van der Waals surface area contributed by atoms with Crippen LogP contribution >= 0.6 is 11.8 Å². The van der Waals surface area contributed by atoms with Crippen LogP contribution in [0.3, 0.4) is 0 Å². The topological polar surface area (TPSA) is 55.1 Å². The smallest absolute Gasteiger partial charge is 0.313 e. The molecule has 1 aromatic carbocycles. The minimum absolute atomic E-state index is 0.0431. The molecule has 0 aliphatic carbocycles. The first-order valence-corrected chi connectivity index (χ1v) is 7.05. The van der Waals surface area contributed by atoms with Crippen molar-refractivity contribution < 1.29 is 9.90 Å². The van der Waals surface area contributed by atoms with Crippen molar-refractivity contribution in [1.29, 1.82) is 0 Å². The van der Waals surface area contributed by atoms with Crippen LogP contribution in [0.4, 0.5) is 0 Å². The van der Waals surface area contributed by atoms with Crippen LogP contribution in [0.1, 0.15) is 11.1 Å². The number of rotatable bonds is 6. The van der Waals surface area contributed by atoms with Gasteiger partial charge < -0.3 is 9.67 Å². The van der Waals surface area contributed by atoms with Crippen LogP contribution in [0, 0.1) is 6.92 Å². The molecule has 1 heterocycles. The van der Waals surface area contributed by atoms with Crippen LogP contribution < -0.4 is 0 Å². The second-order valence-corrected chi connectivity index (χ2v) is 5.27. The van der Waals surface area contributed by atoms with E-state index in [2.05, 4.69) is 36.2 Å². The van der Waals surface area contributed by atoms with Crippen LogP contribution in [0.2, 0.25) is 0 Å². The van der Waals surface area contributed by atoms with E-state index in [1.807, 2.05) is 10.8 Å². The van der Waals surface area contributed by atoms with Crippen molar-refractivity contribution in [2.24, 2.45) is 0 Å². The van der Waals surface area contributed by atoms with Gasteiger partial charge in [-0.05, 0) is 18.9 Å². The third-order valence-electron chi connectivity index (χ3n) is 2.73. The summed E-state index contributed by atoms with van der Waals surface area (Å²) in [5.74, 6) is -0.778. The average Bonchev–Trinajstić information content (AvgIpc) is 2.81. The summed E-state index contributed by atoms with van der Waals surface area (Å²) in [7, 11) is 0. The number of benzene rings is 1. The van der Waals surface area contributed by atoms with E-state index >= 15 is 0 Å². The minimum atomic E-state index is -0.821. The van der Waals surface area contributed by atoms with Gasteiger partial charge in [0.05, 0.1) is 5.75 Å². The Morgan fingerprint density at radius 2 is 2.32 bits per heavy atom. The highest BCUT2D eigenvalue weighted by Crippen LogP contribution is 2.16. The Balaban J connectivity index is 1.96. The molecule has 4 nitrogen and oxygen atoms in total. The summed E-state index contributed by atoms with van der Waals surface area (Å²) in [4.78, 5) is 14.7. The van der Waals surface area contributed by atoms with E-state index in [4.69, 9.17) is 5.11 Å². The fraction of sp³-hybridized carbons (Fsp3) is 0.286. The molecule has 0 bridgehead atoms. The van der Waals surface area contributed by atoms with Crippen LogP contribution in [0.25, 0.3) is 0 Å². The summed E-state index contributed by atoms with van der Waals surface area (Å²) in [6.07, 6.45) is 4.51. The molecule has 0 radical (unpaired) electrons. The predicted molar refractivity (Wildman–Crippen MR) is 75.5 cm³/mol. The quantitative estimate of drug-likeness (QED) is 0.824. The van der Waals surface area contributed by atoms with Crippen LogP contribution in [-0.4, -0.2) is 26.4 Å². The number of carbonyl (C=O) groups is 1. The lowest BCUT2D eigenvalue weighted by Crippen LogP contribution is -2.04. The van der Waals surface area contributed by atoms with Crippen molar-refractivity contribution in [2.75, 3.05) is 5.75 Å². The van der Waals surface area contributed by atoms with Gasteiger partial charge in [0.1, 0.15) is 0 Å². The third-order valence-corrected chi connectivity index (χ3v) is 3.72. The van der Waals surface area contributed by atoms with Crippen molar-refractivity contribution >= 4 is 17.7 Å². The number of aryl methyl sites for hydroxylation is 3. The lowest BCUT2D eigenvalue weighted by molar-refractivity contribution is -0.133. The third kappa shape index (κ3) is 4.13. The van der Waals surface area contributed by atoms with E-state index in [0.29, 0.717) is 0 Å². The molecule has 5 heteroatoms. The number of imidazole rings is 1. The lowest BCUT2D eigenvalue weighted by Gasteiger charge is -2.07. The van der Waals surface area contributed by atoms with Crippen molar-refractivity contribution in [1.82, 2.24) is 9.55 Å². The molecule has 0 spiro atoms. The number of thioether (sulfide) groups is 1. The van der Waals surface area contributed by atoms with Crippen LogP contribution in [0.5, 0.6) is 0 Å². The maximum absolute atomic E-state index is 10.6. The van der Waals surface area contributed by atoms with Gasteiger partial charge in [-0.1, -0.05) is 41.6 Å². The number of aliphatic carboxylic acids is 1. The molecule has 1 aromatic heterocycles. The fourth-order valence-electron chi connectivity index (χ4n) is 1.85. The van der Waals surface area contributed by atoms with Gasteiger partial charge in [0, 0.05) is 18.9 Å². The standard InChI is InChI=1S/C14H16N2O2S/c1-11-3-2-4-12(9-11)5-7-16-8-6-15-14(16)19-10-13(17)18/h2-4,6,8-9H,5,7,10H2,1H3,(H,17,18). The Labute approximate surface area is 116 Å². The van der Waals surface area contributed by atoms with Gasteiger partial charge >= 0.3 is 5.97 Å². The predicted octanol–water partition coefficient (Wildman–Crippen LogP) is 2.61. The molecule has 0 saturated heterocycles. The van der Waals surface area contributed by atoms with Crippen molar-refractivity contribution in [3.05, 3.63) is 47.8 Å². The zero-order chi connectivity index (χ0) is 13.7. The van der Waals surface area contributed by atoms with Gasteiger partial charge in [-0.25, -0.2) is 4.98 Å². The molecular formula is C14H16N2O2S. The first-order valence-electron chi connectivity index (χ1n) is 6.06. The van der Waals surface area contributed by atoms with E-state index in [-0.39, 0.29) is 5.75 Å². The highest BCUT2D eigenvalue weighted by Gasteiger charge is 2.06. The summed E-state index contributed by atoms with van der Waals surface area (Å²) in [5.41, 5.74) is 2.53. The maximum atomic E-state index is 10.6. The molecule has 0 aliphatic rings. The molecule has 2 rings (SSSR count). The van der Waals surface area contributed by atoms with Gasteiger partial charge in [0.25, 0.3) is 0 Å². The second-order valence-electron chi connectivity index (χ2n) is 4.32. The normalized spacial score (nSPS) is 10.6. The Bertz CT molecular complexity index is 566. The highest BCUT2D eigenvalue weighted by atomic mass is 32.2. The molecule has 0 amide bonds. The SMILES string of the molecule is Cc1cccc(CCn2ccnc2SCC(=O)O)c1. The molecule has 2 aromatic rings. The highest BCUT2D eigenvalue weighted by molar-refractivity contribution is 7.99. The number of carboxylic acid groups (broad SMARTS) is 1. The van der Waals surface area contributed by atoms with Crippen molar-refractivity contribution in [3.8, 4) is 0 Å². The molecule has 100 valence electrons. The number of carboxylic acids is 1. The van der Waals surface area contributed by atoms with E-state index in [1.54, 1.807) is 6.20 Å². The molecule has 0 atom stereocenters. The van der Waals surface area contributed by atoms with E-state index in [1.165, 1.54) is 22.9 Å². The van der Waals surface area contributed by atoms with Gasteiger partial charge in [0.2, 0.25) is 0 Å². The Kier molecular flexibility index (Phi) is 4.63. The Morgan fingerprint density at radius 1 is 1.47 bits per heavy atom. The summed E-state index contributed by atoms with van der Waals surface area (Å²) >= 11 is 1.25. The number of hydrogen-bond acceptors (Lipinski definition) is 3. The average molecular weight is 276 g/mol. The zero-order valence-corrected chi connectivity index (χ0v) is 11.6. The largest absolute Gasteiger partial charge is 0.481 e. The van der Waals surface area contributed by atoms with Gasteiger partial charge in [-0.15, -0.1) is 0 Å². The molecular weight excluding hydrogens is 260 g/mol. The van der Waals surface area contributed by atoms with Crippen molar-refractivity contribution in [2.45, 2.75) is 25.0 Å². The van der Waals surface area contributed by atoms with E-state index in [9.17, 15) is 4.79 Å². The van der Waals surface area contributed by atoms with Crippen molar-refractivity contribution in [3.63, 3.8) is 0 Å². The molecule has 19 heavy (non-hydrogen) atoms. The monoisotopic (exact) mass is 276 g/mol. The Morgan fingerprint density at radius 3 is 3.05 bits per heavy atom. The number of aromatic nitrogens is 2. The van der Waals surface area contributed by atoms with E-state index < -0.39 is 5.97 Å². The first kappa shape index (κ1) is 13.7. The minimum Gasteiger partial charge on any atom is -0.481 e. The molecule has 1 N–H and O–H groups in total. The van der Waals surface area contributed by atoms with E-state index in [0.717, 1.165) is 18.1 Å². The summed E-state index contributed by atoms with van der Waals surface area (Å²) in [6, 6.07) is 8.41. The Hall–Kier alpha value is -1.75. The number of hydrogen-bond donors (Lipinski definition) is 1. The maximum Gasteiger partial charge on any atom is 0.313 e. The van der Waals surface area contributed by atoms with Crippen LogP contribution in [0.15, 0.2) is 41.8 Å². The summed E-state index contributed by atoms with van der Waals surface area (Å²) in [5, 5.41) is 9.44. The summed E-state index contributed by atoms with van der Waals surface area (Å²) < 4.78 is 2.00. The molecule has 0 fully saturated rings. The lowest BCUT2D eigenvalue weighted by atomic mass is 10.1. The van der Waals surface area contributed by atoms with Gasteiger partial charge in [-0.2, -0.15) is 0 Å². The first-order chi connectivity index (χ1) is 9.15. The molecule has 0 unspecified atom stereocenters. The second kappa shape index (κ2) is 6.43. The fourth-order valence-corrected chi connectivity index (χ4v) is 2.56. The zero-order valence-electron chi connectivity index (χ0n) is 10.7. The van der Waals surface area contributed by atoms with Gasteiger partial charge in [0.15, 0.2) is 5.16 Å². The van der Waals surface area contributed by atoms with Gasteiger partial charge in [-0.3, -0.25) is 4.79 Å². The molecule has 0 aliphatic heterocycles. The molecule has 0 saturated carbocycles. The summed E-state index contributed by atoms with van der Waals surface area (Å²) in [6.45, 7) is 2.89. The van der Waals surface area contributed by atoms with Crippen LogP contribution in [-0.2, 0) is 17.8 Å². The number of nitrogens with zero attached hydrogens (tertiary/aromatic N) is 2.